The number of amides is 2. The maximum atomic E-state index is 12.8. The minimum atomic E-state index is -0.143. The molecule has 1 heterocycles. The van der Waals surface area contributed by atoms with Gasteiger partial charge in [-0.25, -0.2) is 0 Å². The molecule has 0 unspecified atom stereocenters. The summed E-state index contributed by atoms with van der Waals surface area (Å²) in [6.45, 7) is 8.73. The molecular formula is C39H76N2O2. The lowest BCUT2D eigenvalue weighted by Crippen LogP contribution is -2.34. The molecule has 0 aromatic rings. The van der Waals surface area contributed by atoms with Crippen molar-refractivity contribution in [1.82, 2.24) is 4.90 Å². The van der Waals surface area contributed by atoms with E-state index in [1.165, 1.54) is 167 Å². The van der Waals surface area contributed by atoms with E-state index in [4.69, 9.17) is 0 Å². The Kier molecular flexibility index (Phi) is 32.8. The van der Waals surface area contributed by atoms with E-state index in [-0.39, 0.29) is 18.4 Å². The predicted octanol–water partition coefficient (Wildman–Crippen LogP) is 12.9. The highest BCUT2D eigenvalue weighted by Crippen LogP contribution is 2.18. The van der Waals surface area contributed by atoms with Gasteiger partial charge in [0, 0.05) is 12.8 Å². The van der Waals surface area contributed by atoms with Crippen LogP contribution in [0.4, 0.5) is 0 Å². The second-order valence-electron chi connectivity index (χ2n) is 12.9. The van der Waals surface area contributed by atoms with Crippen LogP contribution in [0, 0.1) is 0 Å². The maximum Gasteiger partial charge on any atom is 0.267 e. The minimum absolute atomic E-state index is 0.106. The molecule has 0 aromatic heterocycles. The summed E-state index contributed by atoms with van der Waals surface area (Å²) < 4.78 is 0. The summed E-state index contributed by atoms with van der Waals surface area (Å²) in [6, 6.07) is 0. The van der Waals surface area contributed by atoms with Crippen LogP contribution < -0.4 is 0 Å². The molecule has 254 valence electrons. The van der Waals surface area contributed by atoms with E-state index in [1.54, 1.807) is 4.90 Å². The summed E-state index contributed by atoms with van der Waals surface area (Å²) in [5.41, 5.74) is 0. The van der Waals surface area contributed by atoms with Gasteiger partial charge in [-0.2, -0.15) is 4.99 Å². The Labute approximate surface area is 270 Å². The summed E-state index contributed by atoms with van der Waals surface area (Å²) in [5, 5.41) is 0. The van der Waals surface area contributed by atoms with Crippen LogP contribution >= 0.6 is 0 Å². The maximum absolute atomic E-state index is 12.8. The molecule has 4 heteroatoms. The lowest BCUT2D eigenvalue weighted by Gasteiger charge is -2.17. The molecule has 0 aliphatic carbocycles. The molecule has 1 aliphatic rings. The third-order valence-corrected chi connectivity index (χ3v) is 8.91. The summed E-state index contributed by atoms with van der Waals surface area (Å²) in [6.07, 6.45) is 40.0. The summed E-state index contributed by atoms with van der Waals surface area (Å²) in [7, 11) is 0. The molecule has 0 radical (unpaired) electrons. The molecule has 43 heavy (non-hydrogen) atoms. The van der Waals surface area contributed by atoms with Gasteiger partial charge in [0.05, 0.1) is 0 Å². The van der Waals surface area contributed by atoms with Crippen molar-refractivity contribution in [2.24, 2.45) is 4.99 Å². The number of aliphatic imine (C=N–C) groups is 1. The average molecular weight is 605 g/mol. The second kappa shape index (κ2) is 33.7. The second-order valence-corrected chi connectivity index (χ2v) is 12.9. The molecule has 2 amide bonds. The Morgan fingerprint density at radius 1 is 0.512 bits per heavy atom. The zero-order chi connectivity index (χ0) is 31.6. The third-order valence-electron chi connectivity index (χ3n) is 8.91. The van der Waals surface area contributed by atoms with Crippen LogP contribution in [0.5, 0.6) is 0 Å². The van der Waals surface area contributed by atoms with E-state index < -0.39 is 0 Å². The van der Waals surface area contributed by atoms with Gasteiger partial charge in [-0.3, -0.25) is 14.5 Å². The number of nitrogens with zero attached hydrogens (tertiary/aromatic N) is 2. The number of carbonyl (C=O) groups excluding carboxylic acids is 2. The minimum Gasteiger partial charge on any atom is -0.291 e. The fourth-order valence-electron chi connectivity index (χ4n) is 6.15. The van der Waals surface area contributed by atoms with Crippen LogP contribution in [0.25, 0.3) is 0 Å². The van der Waals surface area contributed by atoms with Crippen molar-refractivity contribution in [3.8, 4) is 0 Å². The first kappa shape index (κ1) is 41.8. The van der Waals surface area contributed by atoms with E-state index in [0.29, 0.717) is 6.42 Å². The number of hydrogen-bond acceptors (Lipinski definition) is 2. The Hall–Kier alpha value is -1.19. The number of amidine groups is 1. The van der Waals surface area contributed by atoms with Crippen molar-refractivity contribution in [2.75, 3.05) is 6.54 Å². The molecule has 4 nitrogen and oxygen atoms in total. The average Bonchev–Trinajstić information content (AvgIpc) is 3.40. The Morgan fingerprint density at radius 3 is 1.16 bits per heavy atom. The number of carbonyl (C=O) groups is 2. The molecule has 0 spiro atoms. The van der Waals surface area contributed by atoms with Gasteiger partial charge >= 0.3 is 0 Å². The van der Waals surface area contributed by atoms with Gasteiger partial charge < -0.3 is 0 Å². The summed E-state index contributed by atoms with van der Waals surface area (Å²) in [5.74, 6) is 0.699. The van der Waals surface area contributed by atoms with Gasteiger partial charge in [0.15, 0.2) is 0 Å². The van der Waals surface area contributed by atoms with E-state index in [2.05, 4.69) is 18.8 Å². The number of rotatable bonds is 31. The van der Waals surface area contributed by atoms with Gasteiger partial charge in [-0.05, 0) is 12.8 Å². The van der Waals surface area contributed by atoms with Crippen molar-refractivity contribution < 1.29 is 9.59 Å². The third kappa shape index (κ3) is 26.9. The quantitative estimate of drug-likeness (QED) is 0.0739. The fraction of sp³-hybridized carbons (Fsp3) is 0.923. The molecule has 0 bridgehead atoms. The Bertz CT molecular complexity index is 645. The first-order valence-corrected chi connectivity index (χ1v) is 19.6. The van der Waals surface area contributed by atoms with Crippen LogP contribution in [0.2, 0.25) is 0 Å². The fourth-order valence-corrected chi connectivity index (χ4v) is 6.15. The van der Waals surface area contributed by atoms with Gasteiger partial charge in [-0.15, -0.1) is 0 Å². The largest absolute Gasteiger partial charge is 0.291 e. The predicted molar refractivity (Wildman–Crippen MR) is 190 cm³/mol. The molecule has 1 rings (SSSR count). The van der Waals surface area contributed by atoms with Crippen molar-refractivity contribution in [3.63, 3.8) is 0 Å². The zero-order valence-corrected chi connectivity index (χ0v) is 29.8. The van der Waals surface area contributed by atoms with Crippen LogP contribution in [0.3, 0.4) is 0 Å². The van der Waals surface area contributed by atoms with Gasteiger partial charge in [0.1, 0.15) is 12.4 Å². The van der Waals surface area contributed by atoms with Crippen molar-refractivity contribution in [1.29, 1.82) is 0 Å². The molecule has 0 aromatic carbocycles. The molecule has 0 saturated heterocycles. The number of hydrogen-bond donors (Lipinski definition) is 0. The lowest BCUT2D eigenvalue weighted by atomic mass is 10.0. The van der Waals surface area contributed by atoms with Crippen molar-refractivity contribution in [2.45, 2.75) is 227 Å². The summed E-state index contributed by atoms with van der Waals surface area (Å²) >= 11 is 0. The summed E-state index contributed by atoms with van der Waals surface area (Å²) in [4.78, 5) is 30.6. The van der Waals surface area contributed by atoms with Crippen LogP contribution in [-0.4, -0.2) is 29.1 Å². The first-order valence-electron chi connectivity index (χ1n) is 19.6. The SMILES string of the molecule is CC.CCCCCCCCCCCCCCCCCC(=O)N1CC(=O)N=C1CCCCCCCCCCCCCCCC. The van der Waals surface area contributed by atoms with Gasteiger partial charge in [0.25, 0.3) is 5.91 Å². The molecule has 0 N–H and O–H groups in total. The first-order chi connectivity index (χ1) is 21.2. The van der Waals surface area contributed by atoms with E-state index in [9.17, 15) is 9.59 Å². The van der Waals surface area contributed by atoms with E-state index >= 15 is 0 Å². The van der Waals surface area contributed by atoms with Gasteiger partial charge in [0.2, 0.25) is 5.91 Å². The molecule has 0 saturated carbocycles. The standard InChI is InChI=1S/C37H70N2O2.C2H6/c1-3-5-7-9-11-13-15-17-19-21-23-25-27-29-31-33-37(41)39-34-36(40)38-35(39)32-30-28-26-24-22-20-18-16-14-12-10-8-6-4-2;1-2/h3-34H2,1-2H3;1-2H3. The lowest BCUT2D eigenvalue weighted by molar-refractivity contribution is -0.130. The Morgan fingerprint density at radius 2 is 0.814 bits per heavy atom. The normalized spacial score (nSPS) is 12.9. The zero-order valence-electron chi connectivity index (χ0n) is 29.8. The van der Waals surface area contributed by atoms with Crippen LogP contribution in [-0.2, 0) is 9.59 Å². The van der Waals surface area contributed by atoms with Crippen LogP contribution in [0.15, 0.2) is 4.99 Å². The van der Waals surface area contributed by atoms with Crippen molar-refractivity contribution in [3.05, 3.63) is 0 Å². The highest BCUT2D eigenvalue weighted by molar-refractivity contribution is 6.10. The smallest absolute Gasteiger partial charge is 0.267 e. The van der Waals surface area contributed by atoms with Crippen molar-refractivity contribution >= 4 is 17.6 Å². The van der Waals surface area contributed by atoms with E-state index in [0.717, 1.165) is 31.5 Å². The monoisotopic (exact) mass is 605 g/mol. The van der Waals surface area contributed by atoms with E-state index in [1.807, 2.05) is 13.8 Å². The number of unbranched alkanes of at least 4 members (excludes halogenated alkanes) is 27. The van der Waals surface area contributed by atoms with Crippen LogP contribution in [0.1, 0.15) is 227 Å². The molecule has 0 atom stereocenters. The van der Waals surface area contributed by atoms with Gasteiger partial charge in [-0.1, -0.05) is 201 Å². The molecule has 0 fully saturated rings. The highest BCUT2D eigenvalue weighted by atomic mass is 16.2. The molecule has 1 aliphatic heterocycles. The Balaban J connectivity index is 0.00000862. The molecular weight excluding hydrogens is 528 g/mol. The highest BCUT2D eigenvalue weighted by Gasteiger charge is 2.27. The topological polar surface area (TPSA) is 49.7 Å².